The summed E-state index contributed by atoms with van der Waals surface area (Å²) < 4.78 is 34.3. The van der Waals surface area contributed by atoms with Crippen LogP contribution in [0, 0.1) is 4.77 Å². The zero-order valence-electron chi connectivity index (χ0n) is 18.6. The van der Waals surface area contributed by atoms with E-state index in [-0.39, 0.29) is 4.77 Å². The average Bonchev–Trinajstić information content (AvgIpc) is 3.20. The first kappa shape index (κ1) is 22.9. The lowest BCUT2D eigenvalue weighted by Crippen LogP contribution is -2.01. The summed E-state index contributed by atoms with van der Waals surface area (Å²) in [6.07, 6.45) is 1.57. The fourth-order valence-electron chi connectivity index (χ4n) is 3.07. The van der Waals surface area contributed by atoms with Crippen molar-refractivity contribution < 1.29 is 28.4 Å². The van der Waals surface area contributed by atoms with Gasteiger partial charge in [0.2, 0.25) is 10.5 Å². The standard InChI is InChI=1S/C21H24N4O6S/c1-26-13-9-15(27-2)14(16(10-13)28-3)11-22-25-20(23-24-21(25)32)12-7-17(29-4)19(31-6)18(8-12)30-5/h7-11H,1-6H3,(H,24,32)/b22-11-. The van der Waals surface area contributed by atoms with Gasteiger partial charge >= 0.3 is 0 Å². The second-order valence-electron chi connectivity index (χ2n) is 6.27. The van der Waals surface area contributed by atoms with Crippen LogP contribution in [-0.4, -0.2) is 63.7 Å². The number of hydrogen-bond donors (Lipinski definition) is 1. The van der Waals surface area contributed by atoms with E-state index in [0.717, 1.165) is 0 Å². The molecule has 0 fully saturated rings. The van der Waals surface area contributed by atoms with Crippen molar-refractivity contribution in [2.24, 2.45) is 5.10 Å². The Hall–Kier alpha value is -3.73. The highest BCUT2D eigenvalue weighted by atomic mass is 32.1. The van der Waals surface area contributed by atoms with Crippen LogP contribution in [0.2, 0.25) is 0 Å². The smallest absolute Gasteiger partial charge is 0.216 e. The largest absolute Gasteiger partial charge is 0.496 e. The first-order valence-electron chi connectivity index (χ1n) is 9.33. The van der Waals surface area contributed by atoms with E-state index in [0.29, 0.717) is 51.4 Å². The highest BCUT2D eigenvalue weighted by Crippen LogP contribution is 2.41. The number of aromatic nitrogens is 3. The molecule has 0 radical (unpaired) electrons. The molecule has 0 saturated heterocycles. The van der Waals surface area contributed by atoms with E-state index in [1.807, 2.05) is 0 Å². The normalized spacial score (nSPS) is 10.8. The topological polar surface area (TPSA) is 101 Å². The lowest BCUT2D eigenvalue weighted by Gasteiger charge is -2.14. The molecule has 3 aromatic rings. The summed E-state index contributed by atoms with van der Waals surface area (Å²) in [7, 11) is 9.29. The molecule has 0 unspecified atom stereocenters. The average molecular weight is 461 g/mol. The number of methoxy groups -OCH3 is 6. The van der Waals surface area contributed by atoms with Crippen LogP contribution in [0.1, 0.15) is 5.56 Å². The van der Waals surface area contributed by atoms with Crippen molar-refractivity contribution in [3.8, 4) is 45.9 Å². The first-order valence-corrected chi connectivity index (χ1v) is 9.74. The molecular weight excluding hydrogens is 436 g/mol. The van der Waals surface area contributed by atoms with Crippen LogP contribution in [0.5, 0.6) is 34.5 Å². The minimum atomic E-state index is 0.288. The van der Waals surface area contributed by atoms with Crippen molar-refractivity contribution in [2.75, 3.05) is 42.7 Å². The Bertz CT molecular complexity index is 1140. The third-order valence-corrected chi connectivity index (χ3v) is 4.89. The molecule has 0 aliphatic rings. The van der Waals surface area contributed by atoms with Crippen molar-refractivity contribution in [1.82, 2.24) is 14.9 Å². The summed E-state index contributed by atoms with van der Waals surface area (Å²) in [4.78, 5) is 0. The van der Waals surface area contributed by atoms with E-state index in [2.05, 4.69) is 15.3 Å². The lowest BCUT2D eigenvalue weighted by molar-refractivity contribution is 0.324. The zero-order chi connectivity index (χ0) is 23.3. The van der Waals surface area contributed by atoms with Gasteiger partial charge in [0.15, 0.2) is 17.3 Å². The van der Waals surface area contributed by atoms with E-state index in [9.17, 15) is 0 Å². The Morgan fingerprint density at radius 3 is 1.84 bits per heavy atom. The first-order chi connectivity index (χ1) is 15.5. The van der Waals surface area contributed by atoms with Crippen LogP contribution >= 0.6 is 12.2 Å². The summed E-state index contributed by atoms with van der Waals surface area (Å²) in [5, 5.41) is 11.6. The third kappa shape index (κ3) is 4.33. The lowest BCUT2D eigenvalue weighted by atomic mass is 10.1. The molecule has 11 heteroatoms. The second kappa shape index (κ2) is 10.1. The molecule has 1 heterocycles. The molecule has 0 saturated carbocycles. The van der Waals surface area contributed by atoms with Crippen LogP contribution in [0.25, 0.3) is 11.4 Å². The Morgan fingerprint density at radius 2 is 1.38 bits per heavy atom. The number of ether oxygens (including phenoxy) is 6. The molecular formula is C21H24N4O6S. The van der Waals surface area contributed by atoms with E-state index < -0.39 is 0 Å². The maximum atomic E-state index is 5.47. The fourth-order valence-corrected chi connectivity index (χ4v) is 3.25. The van der Waals surface area contributed by atoms with Gasteiger partial charge in [-0.05, 0) is 24.4 Å². The van der Waals surface area contributed by atoms with Crippen molar-refractivity contribution in [3.05, 3.63) is 34.6 Å². The molecule has 170 valence electrons. The van der Waals surface area contributed by atoms with Crippen molar-refractivity contribution in [3.63, 3.8) is 0 Å². The van der Waals surface area contributed by atoms with Crippen molar-refractivity contribution in [2.45, 2.75) is 0 Å². The van der Waals surface area contributed by atoms with Gasteiger partial charge in [-0.3, -0.25) is 0 Å². The Labute approximate surface area is 190 Å². The summed E-state index contributed by atoms with van der Waals surface area (Å²) in [6, 6.07) is 6.98. The number of nitrogens with zero attached hydrogens (tertiary/aromatic N) is 3. The monoisotopic (exact) mass is 460 g/mol. The number of benzene rings is 2. The van der Waals surface area contributed by atoms with Gasteiger partial charge in [0.25, 0.3) is 0 Å². The van der Waals surface area contributed by atoms with Gasteiger partial charge in [0.1, 0.15) is 17.2 Å². The van der Waals surface area contributed by atoms with Crippen LogP contribution in [-0.2, 0) is 0 Å². The summed E-state index contributed by atoms with van der Waals surface area (Å²) in [5.74, 6) is 3.50. The molecule has 3 rings (SSSR count). The van der Waals surface area contributed by atoms with Gasteiger partial charge in [0.05, 0.1) is 54.4 Å². The minimum Gasteiger partial charge on any atom is -0.496 e. The van der Waals surface area contributed by atoms with Crippen LogP contribution in [0.3, 0.4) is 0 Å². The van der Waals surface area contributed by atoms with E-state index in [1.54, 1.807) is 66.0 Å². The maximum absolute atomic E-state index is 5.47. The maximum Gasteiger partial charge on any atom is 0.216 e. The van der Waals surface area contributed by atoms with E-state index in [4.69, 9.17) is 40.6 Å². The Kier molecular flexibility index (Phi) is 7.21. The molecule has 1 N–H and O–H groups in total. The van der Waals surface area contributed by atoms with Crippen molar-refractivity contribution >= 4 is 18.4 Å². The molecule has 0 spiro atoms. The number of nitrogens with one attached hydrogen (secondary N) is 1. The van der Waals surface area contributed by atoms with Gasteiger partial charge in [0, 0.05) is 17.7 Å². The highest BCUT2D eigenvalue weighted by Gasteiger charge is 2.18. The summed E-state index contributed by atoms with van der Waals surface area (Å²) in [6.45, 7) is 0. The number of H-pyrrole nitrogens is 1. The van der Waals surface area contributed by atoms with Crippen LogP contribution < -0.4 is 28.4 Å². The highest BCUT2D eigenvalue weighted by molar-refractivity contribution is 7.71. The predicted octanol–water partition coefficient (Wildman–Crippen LogP) is 3.54. The number of rotatable bonds is 9. The van der Waals surface area contributed by atoms with Crippen LogP contribution in [0.15, 0.2) is 29.4 Å². The zero-order valence-corrected chi connectivity index (χ0v) is 19.4. The van der Waals surface area contributed by atoms with E-state index in [1.165, 1.54) is 11.8 Å². The van der Waals surface area contributed by atoms with Gasteiger partial charge in [-0.25, -0.2) is 5.10 Å². The molecule has 2 aromatic carbocycles. The predicted molar refractivity (Wildman–Crippen MR) is 122 cm³/mol. The molecule has 0 aliphatic carbocycles. The molecule has 0 aliphatic heterocycles. The number of aromatic amines is 1. The fraction of sp³-hybridized carbons (Fsp3) is 0.286. The van der Waals surface area contributed by atoms with Gasteiger partial charge in [-0.2, -0.15) is 14.9 Å². The third-order valence-electron chi connectivity index (χ3n) is 4.63. The summed E-state index contributed by atoms with van der Waals surface area (Å²) >= 11 is 5.38. The Balaban J connectivity index is 2.13. The molecule has 0 bridgehead atoms. The second-order valence-corrected chi connectivity index (χ2v) is 6.66. The molecule has 0 amide bonds. The van der Waals surface area contributed by atoms with Gasteiger partial charge in [-0.15, -0.1) is 0 Å². The SMILES string of the molecule is COc1cc(OC)c(/C=N\n2c(-c3cc(OC)c(OC)c(OC)c3)n[nH]c2=S)c(OC)c1. The molecule has 0 atom stereocenters. The molecule has 32 heavy (non-hydrogen) atoms. The van der Waals surface area contributed by atoms with Crippen molar-refractivity contribution in [1.29, 1.82) is 0 Å². The minimum absolute atomic E-state index is 0.288. The van der Waals surface area contributed by atoms with Gasteiger partial charge in [-0.1, -0.05) is 0 Å². The quantitative estimate of drug-likeness (QED) is 0.382. The van der Waals surface area contributed by atoms with Crippen LogP contribution in [0.4, 0.5) is 0 Å². The van der Waals surface area contributed by atoms with Gasteiger partial charge < -0.3 is 28.4 Å². The number of hydrogen-bond acceptors (Lipinski definition) is 9. The van der Waals surface area contributed by atoms with E-state index >= 15 is 0 Å². The molecule has 10 nitrogen and oxygen atoms in total. The summed E-state index contributed by atoms with van der Waals surface area (Å²) in [5.41, 5.74) is 1.26. The Morgan fingerprint density at radius 1 is 0.812 bits per heavy atom. The molecule has 1 aromatic heterocycles.